The number of fused-ring (bicyclic) bond motifs is 1. The van der Waals surface area contributed by atoms with Gasteiger partial charge in [0.15, 0.2) is 11.6 Å². The molecule has 11 heteroatoms. The number of hydrogen-bond acceptors (Lipinski definition) is 8. The van der Waals surface area contributed by atoms with Gasteiger partial charge in [-0.1, -0.05) is 30.7 Å². The number of phenols is 1. The number of hydrogen-bond donors (Lipinski definition) is 2. The van der Waals surface area contributed by atoms with Crippen LogP contribution in [0, 0.1) is 11.6 Å². The molecule has 3 aromatic carbocycles. The van der Waals surface area contributed by atoms with Gasteiger partial charge in [-0.25, -0.2) is 13.8 Å². The van der Waals surface area contributed by atoms with Crippen molar-refractivity contribution in [3.05, 3.63) is 70.4 Å². The van der Waals surface area contributed by atoms with Crippen LogP contribution in [0.1, 0.15) is 37.9 Å². The maximum atomic E-state index is 16.9. The lowest BCUT2D eigenvalue weighted by Gasteiger charge is -2.30. The summed E-state index contributed by atoms with van der Waals surface area (Å²) in [6, 6.07) is 9.07. The zero-order chi connectivity index (χ0) is 29.7. The fourth-order valence-corrected chi connectivity index (χ4v) is 6.07. The minimum atomic E-state index is -0.777. The number of nitrogen functional groups attached to an aromatic ring is 1. The average Bonchev–Trinajstić information content (AvgIpc) is 3.16. The zero-order valence-electron chi connectivity index (χ0n) is 23.2. The van der Waals surface area contributed by atoms with Crippen LogP contribution in [0.15, 0.2) is 42.6 Å². The van der Waals surface area contributed by atoms with E-state index in [2.05, 4.69) is 15.0 Å². The molecule has 42 heavy (non-hydrogen) atoms. The number of benzene rings is 3. The van der Waals surface area contributed by atoms with E-state index in [4.69, 9.17) is 26.8 Å². The highest BCUT2D eigenvalue weighted by Crippen LogP contribution is 2.50. The number of aryl methyl sites for hydroxylation is 1. The van der Waals surface area contributed by atoms with E-state index < -0.39 is 11.6 Å². The van der Waals surface area contributed by atoms with Crippen molar-refractivity contribution in [2.45, 2.75) is 33.2 Å². The second-order valence-corrected chi connectivity index (χ2v) is 10.4. The molecular formula is C31H28ClF2N5O3. The largest absolute Gasteiger partial charge is 0.508 e. The molecule has 0 amide bonds. The van der Waals surface area contributed by atoms with Crippen LogP contribution in [-0.4, -0.2) is 39.8 Å². The number of phenolic OH excluding ortho intramolecular Hbond substituents is 1. The van der Waals surface area contributed by atoms with E-state index in [-0.39, 0.29) is 63.8 Å². The Morgan fingerprint density at radius 2 is 1.98 bits per heavy atom. The third kappa shape index (κ3) is 4.37. The van der Waals surface area contributed by atoms with Gasteiger partial charge in [-0.15, -0.1) is 0 Å². The summed E-state index contributed by atoms with van der Waals surface area (Å²) in [5.74, 6) is -0.436. The number of nitrogens with zero attached hydrogens (tertiary/aromatic N) is 4. The number of aromatic nitrogens is 3. The van der Waals surface area contributed by atoms with Crippen molar-refractivity contribution in [3.63, 3.8) is 0 Å². The smallest absolute Gasteiger partial charge is 0.319 e. The van der Waals surface area contributed by atoms with Crippen LogP contribution < -0.4 is 20.1 Å². The number of halogens is 3. The molecule has 1 aliphatic heterocycles. The Balaban J connectivity index is 1.69. The summed E-state index contributed by atoms with van der Waals surface area (Å²) in [5.41, 5.74) is 7.42. The van der Waals surface area contributed by atoms with E-state index in [0.29, 0.717) is 40.9 Å². The molecule has 3 N–H and O–H groups in total. The Morgan fingerprint density at radius 3 is 2.71 bits per heavy atom. The standard InChI is InChI=1S/C31H28ClF2N5O3/c1-4-18-21(33)9-8-16-13-17(40)14-20(22(16)18)23-25(32)28-24-27(26(23)34)37-31(41-5-2)38-30(24)39(11-12-42-28)15(3)19-7-6-10-36-29(19)35/h6-10,13-15,40H,4-5,11-12H2,1-3H3,(H2,35,36)/t15-/m1/s1. The van der Waals surface area contributed by atoms with Gasteiger partial charge in [0, 0.05) is 17.3 Å². The molecule has 6 rings (SSSR count). The predicted octanol–water partition coefficient (Wildman–Crippen LogP) is 6.99. The van der Waals surface area contributed by atoms with E-state index in [0.717, 1.165) is 5.56 Å². The van der Waals surface area contributed by atoms with Crippen molar-refractivity contribution in [2.75, 3.05) is 30.4 Å². The van der Waals surface area contributed by atoms with Crippen LogP contribution in [0.5, 0.6) is 17.5 Å². The summed E-state index contributed by atoms with van der Waals surface area (Å²) in [6.07, 6.45) is 1.95. The molecule has 0 unspecified atom stereocenters. The van der Waals surface area contributed by atoms with Crippen molar-refractivity contribution in [3.8, 4) is 28.6 Å². The van der Waals surface area contributed by atoms with Crippen molar-refractivity contribution in [2.24, 2.45) is 0 Å². The lowest BCUT2D eigenvalue weighted by molar-refractivity contribution is 0.313. The molecule has 5 aromatic rings. The third-order valence-electron chi connectivity index (χ3n) is 7.63. The number of anilines is 2. The van der Waals surface area contributed by atoms with Crippen molar-refractivity contribution < 1.29 is 23.4 Å². The van der Waals surface area contributed by atoms with Gasteiger partial charge in [0.25, 0.3) is 0 Å². The van der Waals surface area contributed by atoms with Crippen molar-refractivity contribution in [1.82, 2.24) is 15.0 Å². The van der Waals surface area contributed by atoms with Crippen LogP contribution in [-0.2, 0) is 6.42 Å². The number of nitrogens with two attached hydrogens (primary N) is 1. The third-order valence-corrected chi connectivity index (χ3v) is 7.99. The molecule has 0 spiro atoms. The number of rotatable bonds is 6. The maximum absolute atomic E-state index is 16.9. The lowest BCUT2D eigenvalue weighted by Crippen LogP contribution is -2.31. The summed E-state index contributed by atoms with van der Waals surface area (Å²) in [7, 11) is 0. The Labute approximate surface area is 245 Å². The van der Waals surface area contributed by atoms with E-state index in [1.807, 2.05) is 24.8 Å². The molecule has 3 heterocycles. The summed E-state index contributed by atoms with van der Waals surface area (Å²) in [6.45, 7) is 6.31. The molecule has 0 saturated carbocycles. The quantitative estimate of drug-likeness (QED) is 0.218. The Kier molecular flexibility index (Phi) is 7.10. The number of ether oxygens (including phenoxy) is 2. The zero-order valence-corrected chi connectivity index (χ0v) is 24.0. The van der Waals surface area contributed by atoms with Gasteiger partial charge in [-0.2, -0.15) is 9.97 Å². The fourth-order valence-electron chi connectivity index (χ4n) is 5.73. The Bertz CT molecular complexity index is 1870. The van der Waals surface area contributed by atoms with Crippen LogP contribution in [0.25, 0.3) is 32.8 Å². The normalized spacial score (nSPS) is 13.7. The SMILES string of the molecule is CCOc1nc2c3c(c(Cl)c(-c4cc(O)cc5ccc(F)c(CC)c45)c(F)c3n1)OCCN2[C@H](C)c1cccnc1N. The molecule has 1 atom stereocenters. The van der Waals surface area contributed by atoms with Gasteiger partial charge in [0.1, 0.15) is 35.3 Å². The van der Waals surface area contributed by atoms with Crippen LogP contribution in [0.2, 0.25) is 5.02 Å². The van der Waals surface area contributed by atoms with E-state index in [1.165, 1.54) is 18.2 Å². The highest BCUT2D eigenvalue weighted by molar-refractivity contribution is 6.37. The molecule has 0 fully saturated rings. The first-order valence-electron chi connectivity index (χ1n) is 13.6. The molecule has 2 aromatic heterocycles. The van der Waals surface area contributed by atoms with Gasteiger partial charge in [0.05, 0.1) is 29.6 Å². The topological polar surface area (TPSA) is 107 Å². The second kappa shape index (κ2) is 10.8. The van der Waals surface area contributed by atoms with Gasteiger partial charge >= 0.3 is 6.01 Å². The molecular weight excluding hydrogens is 564 g/mol. The van der Waals surface area contributed by atoms with E-state index in [9.17, 15) is 9.50 Å². The first-order valence-corrected chi connectivity index (χ1v) is 14.0. The number of aromatic hydroxyl groups is 1. The van der Waals surface area contributed by atoms with Gasteiger partial charge < -0.3 is 25.2 Å². The molecule has 0 bridgehead atoms. The minimum Gasteiger partial charge on any atom is -0.508 e. The number of pyridine rings is 1. The summed E-state index contributed by atoms with van der Waals surface area (Å²) in [4.78, 5) is 15.2. The molecule has 8 nitrogen and oxygen atoms in total. The van der Waals surface area contributed by atoms with Gasteiger partial charge in [0.2, 0.25) is 0 Å². The van der Waals surface area contributed by atoms with Gasteiger partial charge in [-0.05, 0) is 66.4 Å². The van der Waals surface area contributed by atoms with Gasteiger partial charge in [-0.3, -0.25) is 0 Å². The summed E-state index contributed by atoms with van der Waals surface area (Å²) in [5, 5.41) is 11.8. The minimum absolute atomic E-state index is 0.0301. The first-order chi connectivity index (χ1) is 20.2. The maximum Gasteiger partial charge on any atom is 0.319 e. The fraction of sp³-hybridized carbons (Fsp3) is 0.258. The average molecular weight is 592 g/mol. The van der Waals surface area contributed by atoms with Crippen LogP contribution in [0.3, 0.4) is 0 Å². The second-order valence-electron chi connectivity index (χ2n) is 9.99. The Morgan fingerprint density at radius 1 is 1.17 bits per heavy atom. The highest BCUT2D eigenvalue weighted by atomic mass is 35.5. The lowest BCUT2D eigenvalue weighted by atomic mass is 9.91. The van der Waals surface area contributed by atoms with Crippen molar-refractivity contribution >= 4 is 44.9 Å². The van der Waals surface area contributed by atoms with E-state index in [1.54, 1.807) is 25.3 Å². The summed E-state index contributed by atoms with van der Waals surface area (Å²) < 4.78 is 43.7. The monoisotopic (exact) mass is 591 g/mol. The molecule has 0 radical (unpaired) electrons. The molecule has 0 aliphatic carbocycles. The highest BCUT2D eigenvalue weighted by Gasteiger charge is 2.33. The predicted molar refractivity (Wildman–Crippen MR) is 160 cm³/mol. The molecule has 216 valence electrons. The first kappa shape index (κ1) is 27.7. The van der Waals surface area contributed by atoms with Crippen molar-refractivity contribution in [1.29, 1.82) is 0 Å². The van der Waals surface area contributed by atoms with Crippen LogP contribution >= 0.6 is 11.6 Å². The summed E-state index contributed by atoms with van der Waals surface area (Å²) >= 11 is 6.99. The van der Waals surface area contributed by atoms with Crippen LogP contribution in [0.4, 0.5) is 20.4 Å². The molecule has 0 saturated heterocycles. The molecule has 1 aliphatic rings. The Hall–Kier alpha value is -4.44. The van der Waals surface area contributed by atoms with E-state index >= 15 is 4.39 Å².